The van der Waals surface area contributed by atoms with E-state index in [-0.39, 0.29) is 37.4 Å². The molecule has 3 amide bonds. The van der Waals surface area contributed by atoms with Crippen LogP contribution >= 0.6 is 0 Å². The number of rotatable bonds is 22. The number of unbranched alkanes of at least 4 members (excludes halogenated alkanes) is 4. The van der Waals surface area contributed by atoms with Crippen LogP contribution in [0.1, 0.15) is 82.8 Å². The SMILES string of the molecule is C=CCCC(=O)N[C@@H](COC)[C@@H](OC(=O)[C@@H]1[C@H]2C(=O)N(CCCCCCO)[C@H](C(=O)N(CC=C)CCCC)[C@]23CC[C@H]1O3)c1ccccc1. The molecule has 3 aliphatic heterocycles. The predicted octanol–water partition coefficient (Wildman–Crippen LogP) is 4.11. The zero-order valence-electron chi connectivity index (χ0n) is 29.2. The predicted molar refractivity (Wildman–Crippen MR) is 185 cm³/mol. The molecule has 4 rings (SSSR count). The maximum atomic E-state index is 14.5. The largest absolute Gasteiger partial charge is 0.455 e. The van der Waals surface area contributed by atoms with E-state index in [0.29, 0.717) is 57.3 Å². The fourth-order valence-corrected chi connectivity index (χ4v) is 7.78. The molecule has 0 saturated carbocycles. The summed E-state index contributed by atoms with van der Waals surface area (Å²) in [6.45, 7) is 11.0. The molecule has 270 valence electrons. The van der Waals surface area contributed by atoms with Gasteiger partial charge in [0.15, 0.2) is 0 Å². The minimum Gasteiger partial charge on any atom is -0.455 e. The second-order valence-corrected chi connectivity index (χ2v) is 13.4. The third-order valence-electron chi connectivity index (χ3n) is 10.1. The van der Waals surface area contributed by atoms with Crippen molar-refractivity contribution >= 4 is 23.7 Å². The first-order valence-electron chi connectivity index (χ1n) is 17.9. The van der Waals surface area contributed by atoms with Crippen LogP contribution in [0.3, 0.4) is 0 Å². The Morgan fingerprint density at radius 2 is 1.90 bits per heavy atom. The quantitative estimate of drug-likeness (QED) is 0.106. The Hall–Kier alpha value is -3.54. The van der Waals surface area contributed by atoms with Crippen LogP contribution in [0.15, 0.2) is 55.6 Å². The van der Waals surface area contributed by atoms with E-state index < -0.39 is 47.7 Å². The van der Waals surface area contributed by atoms with Crippen molar-refractivity contribution in [1.29, 1.82) is 0 Å². The number of aliphatic hydroxyl groups is 1. The van der Waals surface area contributed by atoms with Gasteiger partial charge in [0, 0.05) is 39.8 Å². The summed E-state index contributed by atoms with van der Waals surface area (Å²) in [5.41, 5.74) is -0.473. The lowest BCUT2D eigenvalue weighted by molar-refractivity contribution is -0.163. The number of benzene rings is 1. The van der Waals surface area contributed by atoms with Crippen molar-refractivity contribution in [3.8, 4) is 0 Å². The number of amides is 3. The summed E-state index contributed by atoms with van der Waals surface area (Å²) in [7, 11) is 1.52. The highest BCUT2D eigenvalue weighted by Crippen LogP contribution is 2.59. The highest BCUT2D eigenvalue weighted by molar-refractivity contribution is 5.98. The van der Waals surface area contributed by atoms with Gasteiger partial charge in [0.05, 0.1) is 30.6 Å². The lowest BCUT2D eigenvalue weighted by atomic mass is 9.70. The number of fused-ring (bicyclic) bond motifs is 1. The van der Waals surface area contributed by atoms with Crippen molar-refractivity contribution in [2.45, 2.75) is 101 Å². The van der Waals surface area contributed by atoms with E-state index in [2.05, 4.69) is 25.4 Å². The van der Waals surface area contributed by atoms with E-state index >= 15 is 0 Å². The average molecular weight is 682 g/mol. The first-order chi connectivity index (χ1) is 23.8. The standard InChI is InChI=1S/C38H55N3O8/c1-5-8-19-30(43)39-28(26-47-4)33(27-17-13-12-14-18-27)48-37(46)31-29-20-21-38(49-29)32(31)35(44)41(24-15-10-11-16-25-42)34(38)36(45)40(22-7-3)23-9-6-2/h5,7,12-14,17-18,28-29,31-34,42H,1,3,6,8-11,15-16,19-26H2,2,4H3,(H,39,43)/t28-,29+,31-,32-,33-,34+,38-/m0/s1. The number of nitrogens with one attached hydrogen (secondary N) is 1. The molecule has 1 aromatic carbocycles. The van der Waals surface area contributed by atoms with Crippen LogP contribution < -0.4 is 5.32 Å². The van der Waals surface area contributed by atoms with Crippen LogP contribution in [0, 0.1) is 11.8 Å². The number of likely N-dealkylation sites (tertiary alicyclic amines) is 1. The van der Waals surface area contributed by atoms with E-state index in [4.69, 9.17) is 14.2 Å². The van der Waals surface area contributed by atoms with Gasteiger partial charge in [-0.2, -0.15) is 0 Å². The molecule has 7 atom stereocenters. The zero-order valence-corrected chi connectivity index (χ0v) is 29.2. The summed E-state index contributed by atoms with van der Waals surface area (Å²) >= 11 is 0. The number of hydrogen-bond acceptors (Lipinski definition) is 8. The molecule has 2 N–H and O–H groups in total. The summed E-state index contributed by atoms with van der Waals surface area (Å²) in [6, 6.07) is 7.61. The van der Waals surface area contributed by atoms with Crippen LogP contribution in [0.2, 0.25) is 0 Å². The maximum Gasteiger partial charge on any atom is 0.313 e. The highest BCUT2D eigenvalue weighted by Gasteiger charge is 2.75. The summed E-state index contributed by atoms with van der Waals surface area (Å²) in [6.07, 6.45) is 8.26. The fourth-order valence-electron chi connectivity index (χ4n) is 7.78. The van der Waals surface area contributed by atoms with Crippen molar-refractivity contribution in [2.24, 2.45) is 11.8 Å². The molecule has 0 unspecified atom stereocenters. The van der Waals surface area contributed by atoms with Crippen molar-refractivity contribution in [3.63, 3.8) is 0 Å². The molecule has 11 heteroatoms. The van der Waals surface area contributed by atoms with Gasteiger partial charge >= 0.3 is 5.97 Å². The smallest absolute Gasteiger partial charge is 0.313 e. The van der Waals surface area contributed by atoms with E-state index in [0.717, 1.165) is 25.7 Å². The molecule has 3 fully saturated rings. The van der Waals surface area contributed by atoms with E-state index in [1.54, 1.807) is 22.0 Å². The van der Waals surface area contributed by atoms with Gasteiger partial charge in [0.1, 0.15) is 17.7 Å². The molecule has 0 aromatic heterocycles. The Morgan fingerprint density at radius 3 is 2.57 bits per heavy atom. The number of esters is 1. The minimum absolute atomic E-state index is 0.0844. The Balaban J connectivity index is 1.66. The van der Waals surface area contributed by atoms with Crippen LogP contribution in [-0.2, 0) is 33.4 Å². The van der Waals surface area contributed by atoms with E-state index in [1.165, 1.54) is 7.11 Å². The number of carbonyl (C=O) groups is 4. The first-order valence-corrected chi connectivity index (χ1v) is 17.9. The summed E-state index contributed by atoms with van der Waals surface area (Å²) in [5, 5.41) is 12.2. The number of ether oxygens (including phenoxy) is 3. The van der Waals surface area contributed by atoms with Gasteiger partial charge < -0.3 is 34.4 Å². The second-order valence-electron chi connectivity index (χ2n) is 13.4. The molecule has 3 heterocycles. The van der Waals surface area contributed by atoms with Gasteiger partial charge in [-0.3, -0.25) is 19.2 Å². The number of methoxy groups -OCH3 is 1. The van der Waals surface area contributed by atoms with Crippen molar-refractivity contribution in [1.82, 2.24) is 15.1 Å². The average Bonchev–Trinajstić information content (AvgIpc) is 3.75. The molecular formula is C38H55N3O8. The summed E-state index contributed by atoms with van der Waals surface area (Å²) < 4.78 is 18.4. The second kappa shape index (κ2) is 18.5. The molecule has 1 spiro atoms. The van der Waals surface area contributed by atoms with Crippen LogP contribution in [0.25, 0.3) is 0 Å². The van der Waals surface area contributed by atoms with Crippen LogP contribution in [0.5, 0.6) is 0 Å². The Morgan fingerprint density at radius 1 is 1.14 bits per heavy atom. The topological polar surface area (TPSA) is 135 Å². The van der Waals surface area contributed by atoms with Crippen molar-refractivity contribution in [3.05, 3.63) is 61.2 Å². The monoisotopic (exact) mass is 681 g/mol. The Kier molecular flexibility index (Phi) is 14.4. The first kappa shape index (κ1) is 38.3. The summed E-state index contributed by atoms with van der Waals surface area (Å²) in [5.74, 6) is -3.05. The number of allylic oxidation sites excluding steroid dienone is 1. The zero-order chi connectivity index (χ0) is 35.4. The summed E-state index contributed by atoms with van der Waals surface area (Å²) in [4.78, 5) is 59.5. The molecule has 49 heavy (non-hydrogen) atoms. The van der Waals surface area contributed by atoms with Crippen LogP contribution in [-0.4, -0.2) is 102 Å². The molecule has 11 nitrogen and oxygen atoms in total. The lowest BCUT2D eigenvalue weighted by Gasteiger charge is -2.37. The molecule has 3 saturated heterocycles. The number of carbonyl (C=O) groups excluding carboxylic acids is 4. The minimum atomic E-state index is -1.15. The lowest BCUT2D eigenvalue weighted by Crippen LogP contribution is -2.56. The molecule has 1 aromatic rings. The van der Waals surface area contributed by atoms with Crippen molar-refractivity contribution < 1.29 is 38.5 Å². The van der Waals surface area contributed by atoms with Gasteiger partial charge in [0.2, 0.25) is 17.7 Å². The Bertz CT molecular complexity index is 1290. The molecule has 0 aliphatic carbocycles. The third kappa shape index (κ3) is 8.61. The Labute approximate surface area is 291 Å². The van der Waals surface area contributed by atoms with Gasteiger partial charge in [0.25, 0.3) is 0 Å². The molecule has 3 aliphatic rings. The normalized spacial score (nSPS) is 25.0. The van der Waals surface area contributed by atoms with Crippen LogP contribution in [0.4, 0.5) is 0 Å². The maximum absolute atomic E-state index is 14.5. The number of nitrogens with zero attached hydrogens (tertiary/aromatic N) is 2. The number of hydrogen-bond donors (Lipinski definition) is 2. The van der Waals surface area contributed by atoms with Gasteiger partial charge in [-0.25, -0.2) is 0 Å². The third-order valence-corrected chi connectivity index (χ3v) is 10.1. The van der Waals surface area contributed by atoms with Gasteiger partial charge in [-0.15, -0.1) is 13.2 Å². The van der Waals surface area contributed by atoms with E-state index in [9.17, 15) is 24.3 Å². The van der Waals surface area contributed by atoms with E-state index in [1.807, 2.05) is 30.3 Å². The fraction of sp³-hybridized carbons (Fsp3) is 0.632. The van der Waals surface area contributed by atoms with Gasteiger partial charge in [-0.05, 0) is 44.1 Å². The van der Waals surface area contributed by atoms with Gasteiger partial charge in [-0.1, -0.05) is 68.7 Å². The molecular weight excluding hydrogens is 626 g/mol. The molecule has 2 bridgehead atoms. The van der Waals surface area contributed by atoms with Crippen molar-refractivity contribution in [2.75, 3.05) is 40.0 Å². The highest BCUT2D eigenvalue weighted by atomic mass is 16.6. The number of aliphatic hydroxyl groups excluding tert-OH is 1. The molecule has 0 radical (unpaired) electrons.